The summed E-state index contributed by atoms with van der Waals surface area (Å²) < 4.78 is 28.3. The van der Waals surface area contributed by atoms with E-state index in [1.54, 1.807) is 30.6 Å². The molecule has 0 aliphatic rings. The van der Waals surface area contributed by atoms with E-state index in [-0.39, 0.29) is 11.8 Å². The van der Waals surface area contributed by atoms with Crippen molar-refractivity contribution in [3.8, 4) is 5.75 Å². The lowest BCUT2D eigenvalue weighted by molar-refractivity contribution is -0.0498. The van der Waals surface area contributed by atoms with Gasteiger partial charge in [-0.2, -0.15) is 8.78 Å². The van der Waals surface area contributed by atoms with Crippen LogP contribution in [0.1, 0.15) is 18.5 Å². The van der Waals surface area contributed by atoms with Gasteiger partial charge in [-0.3, -0.25) is 0 Å². The number of nitrogens with zero attached hydrogens (tertiary/aromatic N) is 2. The zero-order valence-corrected chi connectivity index (χ0v) is 10.3. The van der Waals surface area contributed by atoms with Crippen molar-refractivity contribution in [3.05, 3.63) is 48.3 Å². The highest BCUT2D eigenvalue weighted by molar-refractivity contribution is 5.34. The normalized spacial score (nSPS) is 12.2. The molecule has 1 N–H and O–H groups in total. The van der Waals surface area contributed by atoms with Crippen molar-refractivity contribution < 1.29 is 13.5 Å². The van der Waals surface area contributed by atoms with Crippen LogP contribution in [0, 0.1) is 0 Å². The molecule has 0 saturated carbocycles. The van der Waals surface area contributed by atoms with E-state index >= 15 is 0 Å². The Morgan fingerprint density at radius 3 is 2.32 bits per heavy atom. The first-order valence-corrected chi connectivity index (χ1v) is 5.73. The highest BCUT2D eigenvalue weighted by Gasteiger charge is 2.08. The minimum Gasteiger partial charge on any atom is -0.435 e. The van der Waals surface area contributed by atoms with Crippen LogP contribution >= 0.6 is 0 Å². The summed E-state index contributed by atoms with van der Waals surface area (Å²) in [6, 6.07) is 8.14. The molecule has 0 saturated heterocycles. The van der Waals surface area contributed by atoms with Crippen molar-refractivity contribution in [1.29, 1.82) is 0 Å². The fraction of sp³-hybridized carbons (Fsp3) is 0.231. The third-order valence-electron chi connectivity index (χ3n) is 2.52. The summed E-state index contributed by atoms with van der Waals surface area (Å²) in [5.74, 6) is 0.657. The molecule has 0 fully saturated rings. The van der Waals surface area contributed by atoms with Gasteiger partial charge in [-0.15, -0.1) is 0 Å². The maximum absolute atomic E-state index is 12.0. The minimum absolute atomic E-state index is 0.0389. The van der Waals surface area contributed by atoms with Gasteiger partial charge in [0.2, 0.25) is 5.95 Å². The van der Waals surface area contributed by atoms with Crippen LogP contribution in [-0.4, -0.2) is 16.6 Å². The molecule has 1 aromatic heterocycles. The van der Waals surface area contributed by atoms with Gasteiger partial charge in [0.15, 0.2) is 0 Å². The average molecular weight is 265 g/mol. The van der Waals surface area contributed by atoms with Gasteiger partial charge in [0, 0.05) is 12.4 Å². The molecule has 1 unspecified atom stereocenters. The molecule has 1 aromatic carbocycles. The molecule has 1 atom stereocenters. The van der Waals surface area contributed by atoms with Crippen LogP contribution in [0.4, 0.5) is 14.7 Å². The Morgan fingerprint density at radius 1 is 1.11 bits per heavy atom. The first-order valence-electron chi connectivity index (χ1n) is 5.73. The summed E-state index contributed by atoms with van der Waals surface area (Å²) >= 11 is 0. The molecule has 0 aliphatic heterocycles. The van der Waals surface area contributed by atoms with Crippen LogP contribution in [0.15, 0.2) is 42.7 Å². The summed E-state index contributed by atoms with van der Waals surface area (Å²) in [4.78, 5) is 8.11. The summed E-state index contributed by atoms with van der Waals surface area (Å²) in [7, 11) is 0. The number of ether oxygens (including phenoxy) is 1. The van der Waals surface area contributed by atoms with E-state index in [9.17, 15) is 8.78 Å². The van der Waals surface area contributed by atoms with Crippen molar-refractivity contribution in [2.75, 3.05) is 5.32 Å². The predicted octanol–water partition coefficient (Wildman–Crippen LogP) is 3.25. The van der Waals surface area contributed by atoms with Crippen LogP contribution in [0.25, 0.3) is 0 Å². The van der Waals surface area contributed by atoms with Gasteiger partial charge in [-0.1, -0.05) is 12.1 Å². The summed E-state index contributed by atoms with van der Waals surface area (Å²) in [5.41, 5.74) is 0.925. The Bertz CT molecular complexity index is 505. The van der Waals surface area contributed by atoms with Crippen LogP contribution in [0.3, 0.4) is 0 Å². The van der Waals surface area contributed by atoms with Crippen molar-refractivity contribution in [2.45, 2.75) is 19.6 Å². The molecule has 19 heavy (non-hydrogen) atoms. The van der Waals surface area contributed by atoms with Gasteiger partial charge in [-0.05, 0) is 30.7 Å². The molecule has 4 nitrogen and oxygen atoms in total. The van der Waals surface area contributed by atoms with E-state index < -0.39 is 6.61 Å². The molecule has 0 spiro atoms. The van der Waals surface area contributed by atoms with E-state index in [0.29, 0.717) is 5.95 Å². The van der Waals surface area contributed by atoms with Crippen molar-refractivity contribution in [3.63, 3.8) is 0 Å². The smallest absolute Gasteiger partial charge is 0.387 e. The zero-order valence-electron chi connectivity index (χ0n) is 10.3. The fourth-order valence-electron chi connectivity index (χ4n) is 1.59. The molecule has 2 aromatic rings. The Morgan fingerprint density at radius 2 is 1.74 bits per heavy atom. The SMILES string of the molecule is CC(Nc1ncccn1)c1ccc(OC(F)F)cc1. The number of hydrogen-bond donors (Lipinski definition) is 1. The van der Waals surface area contributed by atoms with Crippen LogP contribution in [-0.2, 0) is 0 Å². The number of hydrogen-bond acceptors (Lipinski definition) is 4. The lowest BCUT2D eigenvalue weighted by Crippen LogP contribution is -2.09. The topological polar surface area (TPSA) is 47.0 Å². The van der Waals surface area contributed by atoms with E-state index in [0.717, 1.165) is 5.56 Å². The van der Waals surface area contributed by atoms with Gasteiger partial charge in [0.25, 0.3) is 0 Å². The maximum Gasteiger partial charge on any atom is 0.387 e. The second-order valence-electron chi connectivity index (χ2n) is 3.89. The third kappa shape index (κ3) is 3.87. The van der Waals surface area contributed by atoms with Crippen LogP contribution < -0.4 is 10.1 Å². The minimum atomic E-state index is -2.81. The standard InChI is InChI=1S/C13H13F2N3O/c1-9(18-13-16-7-2-8-17-13)10-3-5-11(6-4-10)19-12(14)15/h2-9,12H,1H3,(H,16,17,18). The summed E-state index contributed by atoms with van der Waals surface area (Å²) in [6.07, 6.45) is 3.28. The van der Waals surface area contributed by atoms with E-state index in [2.05, 4.69) is 20.0 Å². The molecule has 0 bridgehead atoms. The maximum atomic E-state index is 12.0. The van der Waals surface area contributed by atoms with E-state index in [1.165, 1.54) is 12.1 Å². The third-order valence-corrected chi connectivity index (χ3v) is 2.52. The highest BCUT2D eigenvalue weighted by Crippen LogP contribution is 2.21. The van der Waals surface area contributed by atoms with Crippen molar-refractivity contribution >= 4 is 5.95 Å². The molecule has 6 heteroatoms. The second-order valence-corrected chi connectivity index (χ2v) is 3.89. The van der Waals surface area contributed by atoms with Crippen molar-refractivity contribution in [1.82, 2.24) is 9.97 Å². The number of nitrogens with one attached hydrogen (secondary N) is 1. The molecule has 0 radical (unpaired) electrons. The molecule has 1 heterocycles. The van der Waals surface area contributed by atoms with E-state index in [4.69, 9.17) is 0 Å². The molecular weight excluding hydrogens is 252 g/mol. The summed E-state index contributed by atoms with van der Waals surface area (Å²) in [5, 5.41) is 3.11. The lowest BCUT2D eigenvalue weighted by atomic mass is 10.1. The van der Waals surface area contributed by atoms with Crippen molar-refractivity contribution in [2.24, 2.45) is 0 Å². The van der Waals surface area contributed by atoms with Crippen LogP contribution in [0.5, 0.6) is 5.75 Å². The van der Waals surface area contributed by atoms with Gasteiger partial charge in [-0.25, -0.2) is 9.97 Å². The van der Waals surface area contributed by atoms with Gasteiger partial charge in [0.05, 0.1) is 6.04 Å². The molecule has 100 valence electrons. The number of halogens is 2. The van der Waals surface area contributed by atoms with Crippen LogP contribution in [0.2, 0.25) is 0 Å². The number of aromatic nitrogens is 2. The Hall–Kier alpha value is -2.24. The molecule has 0 amide bonds. The number of benzene rings is 1. The quantitative estimate of drug-likeness (QED) is 0.901. The number of alkyl halides is 2. The number of anilines is 1. The Kier molecular flexibility index (Phi) is 4.22. The fourth-order valence-corrected chi connectivity index (χ4v) is 1.59. The highest BCUT2D eigenvalue weighted by atomic mass is 19.3. The monoisotopic (exact) mass is 265 g/mol. The van der Waals surface area contributed by atoms with Gasteiger partial charge in [0.1, 0.15) is 5.75 Å². The molecular formula is C13H13F2N3O. The zero-order chi connectivity index (χ0) is 13.7. The van der Waals surface area contributed by atoms with Gasteiger partial charge < -0.3 is 10.1 Å². The largest absolute Gasteiger partial charge is 0.435 e. The molecule has 2 rings (SSSR count). The Balaban J connectivity index is 2.01. The first kappa shape index (κ1) is 13.2. The second kappa shape index (κ2) is 6.08. The Labute approximate surface area is 109 Å². The predicted molar refractivity (Wildman–Crippen MR) is 67.1 cm³/mol. The van der Waals surface area contributed by atoms with E-state index in [1.807, 2.05) is 6.92 Å². The van der Waals surface area contributed by atoms with Gasteiger partial charge >= 0.3 is 6.61 Å². The molecule has 0 aliphatic carbocycles. The lowest BCUT2D eigenvalue weighted by Gasteiger charge is -2.14. The summed E-state index contributed by atoms with van der Waals surface area (Å²) in [6.45, 7) is -0.876. The average Bonchev–Trinajstić information content (AvgIpc) is 2.40. The number of rotatable bonds is 5. The first-order chi connectivity index (χ1) is 9.15.